The predicted molar refractivity (Wildman–Crippen MR) is 109 cm³/mol. The van der Waals surface area contributed by atoms with Gasteiger partial charge in [-0.15, -0.1) is 0 Å². The number of ether oxygens (including phenoxy) is 1. The van der Waals surface area contributed by atoms with Gasteiger partial charge in [-0.1, -0.05) is 18.2 Å². The molecule has 3 aromatic rings. The van der Waals surface area contributed by atoms with E-state index in [-0.39, 0.29) is 5.78 Å². The van der Waals surface area contributed by atoms with Gasteiger partial charge in [0.1, 0.15) is 5.75 Å². The van der Waals surface area contributed by atoms with Crippen LogP contribution < -0.4 is 9.64 Å². The van der Waals surface area contributed by atoms with Gasteiger partial charge in [0.25, 0.3) is 0 Å². The number of anilines is 1. The van der Waals surface area contributed by atoms with Crippen LogP contribution in [-0.4, -0.2) is 55.0 Å². The molecule has 27 heavy (non-hydrogen) atoms. The van der Waals surface area contributed by atoms with E-state index in [0.29, 0.717) is 12.6 Å². The Morgan fingerprint density at radius 2 is 1.93 bits per heavy atom. The molecule has 140 valence electrons. The van der Waals surface area contributed by atoms with Crippen LogP contribution in [0.15, 0.2) is 54.7 Å². The molecule has 1 aromatic heterocycles. The summed E-state index contributed by atoms with van der Waals surface area (Å²) in [6.07, 6.45) is 1.84. The predicted octanol–water partition coefficient (Wildman–Crippen LogP) is 3.57. The molecule has 1 fully saturated rings. The molecule has 0 unspecified atom stereocenters. The Morgan fingerprint density at radius 3 is 2.67 bits per heavy atom. The summed E-state index contributed by atoms with van der Waals surface area (Å²) >= 11 is 0. The minimum absolute atomic E-state index is 0.178. The second kappa shape index (κ2) is 7.45. The van der Waals surface area contributed by atoms with Gasteiger partial charge in [-0.05, 0) is 37.3 Å². The van der Waals surface area contributed by atoms with Crippen LogP contribution in [0.4, 0.5) is 5.69 Å². The Balaban J connectivity index is 1.41. The number of hydrogen-bond donors (Lipinski definition) is 1. The highest BCUT2D eigenvalue weighted by Crippen LogP contribution is 2.24. The first-order valence-corrected chi connectivity index (χ1v) is 9.38. The molecule has 0 saturated carbocycles. The number of aromatic amines is 1. The van der Waals surface area contributed by atoms with Gasteiger partial charge >= 0.3 is 0 Å². The maximum Gasteiger partial charge on any atom is 0.178 e. The summed E-state index contributed by atoms with van der Waals surface area (Å²) in [7, 11) is 1.68. The fraction of sp³-hybridized carbons (Fsp3) is 0.318. The third kappa shape index (κ3) is 3.55. The number of rotatable bonds is 5. The van der Waals surface area contributed by atoms with Gasteiger partial charge in [0, 0.05) is 54.0 Å². The second-order valence-corrected chi connectivity index (χ2v) is 7.15. The van der Waals surface area contributed by atoms with Gasteiger partial charge in [0.05, 0.1) is 13.7 Å². The number of carbonyl (C=O) groups excluding carboxylic acids is 1. The fourth-order valence-corrected chi connectivity index (χ4v) is 3.92. The molecule has 1 N–H and O–H groups in total. The maximum atomic E-state index is 12.8. The Kier molecular flexibility index (Phi) is 4.86. The highest BCUT2D eigenvalue weighted by atomic mass is 16.5. The molecule has 5 nitrogen and oxygen atoms in total. The van der Waals surface area contributed by atoms with E-state index in [9.17, 15) is 4.79 Å². The number of ketones is 1. The lowest BCUT2D eigenvalue weighted by Crippen LogP contribution is -2.53. The monoisotopic (exact) mass is 363 g/mol. The highest BCUT2D eigenvalue weighted by Gasteiger charge is 2.26. The van der Waals surface area contributed by atoms with Crippen LogP contribution in [-0.2, 0) is 0 Å². The average molecular weight is 363 g/mol. The molecule has 1 atom stereocenters. The molecule has 0 spiro atoms. The van der Waals surface area contributed by atoms with Crippen molar-refractivity contribution in [3.63, 3.8) is 0 Å². The molecule has 1 aliphatic heterocycles. The van der Waals surface area contributed by atoms with E-state index >= 15 is 0 Å². The largest absolute Gasteiger partial charge is 0.497 e. The number of benzene rings is 2. The summed E-state index contributed by atoms with van der Waals surface area (Å²) in [5, 5.41) is 1.01. The van der Waals surface area contributed by atoms with Crippen molar-refractivity contribution in [1.82, 2.24) is 9.88 Å². The summed E-state index contributed by atoms with van der Waals surface area (Å²) in [5.74, 6) is 1.05. The lowest BCUT2D eigenvalue weighted by molar-refractivity contribution is 0.0919. The zero-order valence-electron chi connectivity index (χ0n) is 15.8. The van der Waals surface area contributed by atoms with E-state index in [2.05, 4.69) is 33.8 Å². The first-order valence-electron chi connectivity index (χ1n) is 9.38. The lowest BCUT2D eigenvalue weighted by atomic mass is 10.1. The van der Waals surface area contributed by atoms with Crippen molar-refractivity contribution in [2.24, 2.45) is 0 Å². The van der Waals surface area contributed by atoms with Gasteiger partial charge in [-0.25, -0.2) is 0 Å². The van der Waals surface area contributed by atoms with E-state index in [1.54, 1.807) is 7.11 Å². The Labute approximate surface area is 159 Å². The number of aromatic nitrogens is 1. The fourth-order valence-electron chi connectivity index (χ4n) is 3.92. The number of carbonyl (C=O) groups is 1. The van der Waals surface area contributed by atoms with Crippen molar-refractivity contribution in [3.05, 3.63) is 60.3 Å². The van der Waals surface area contributed by atoms with Crippen molar-refractivity contribution in [2.45, 2.75) is 13.0 Å². The summed E-state index contributed by atoms with van der Waals surface area (Å²) < 4.78 is 5.24. The summed E-state index contributed by atoms with van der Waals surface area (Å²) in [4.78, 5) is 20.7. The lowest BCUT2D eigenvalue weighted by Gasteiger charge is -2.41. The summed E-state index contributed by atoms with van der Waals surface area (Å²) in [6, 6.07) is 16.5. The van der Waals surface area contributed by atoms with Crippen LogP contribution in [0.3, 0.4) is 0 Å². The SMILES string of the molecule is COc1ccc(N2CCN(CC(=O)c3c[nH]c4ccccc34)C[C@@H]2C)cc1. The second-order valence-electron chi connectivity index (χ2n) is 7.15. The smallest absolute Gasteiger partial charge is 0.178 e. The number of methoxy groups -OCH3 is 1. The molecule has 0 amide bonds. The molecule has 0 radical (unpaired) electrons. The summed E-state index contributed by atoms with van der Waals surface area (Å²) in [6.45, 7) is 5.34. The van der Waals surface area contributed by atoms with Crippen LogP contribution in [0.5, 0.6) is 5.75 Å². The van der Waals surface area contributed by atoms with Crippen LogP contribution >= 0.6 is 0 Å². The van der Waals surface area contributed by atoms with Crippen molar-refractivity contribution in [1.29, 1.82) is 0 Å². The van der Waals surface area contributed by atoms with E-state index in [1.807, 2.05) is 42.6 Å². The quantitative estimate of drug-likeness (QED) is 0.704. The number of nitrogens with one attached hydrogen (secondary N) is 1. The zero-order valence-corrected chi connectivity index (χ0v) is 15.8. The molecule has 4 rings (SSSR count). The van der Waals surface area contributed by atoms with Gasteiger partial charge in [-0.3, -0.25) is 9.69 Å². The minimum Gasteiger partial charge on any atom is -0.497 e. The van der Waals surface area contributed by atoms with Gasteiger partial charge < -0.3 is 14.6 Å². The van der Waals surface area contributed by atoms with Crippen LogP contribution in [0.25, 0.3) is 10.9 Å². The highest BCUT2D eigenvalue weighted by molar-refractivity contribution is 6.08. The van der Waals surface area contributed by atoms with Gasteiger partial charge in [0.15, 0.2) is 5.78 Å². The molecule has 0 aliphatic carbocycles. The van der Waals surface area contributed by atoms with E-state index < -0.39 is 0 Å². The molecule has 5 heteroatoms. The normalized spacial score (nSPS) is 18.0. The number of fused-ring (bicyclic) bond motifs is 1. The molecule has 2 aromatic carbocycles. The molecule has 0 bridgehead atoms. The number of para-hydroxylation sites is 1. The Morgan fingerprint density at radius 1 is 1.15 bits per heavy atom. The topological polar surface area (TPSA) is 48.6 Å². The Hall–Kier alpha value is -2.79. The van der Waals surface area contributed by atoms with E-state index in [4.69, 9.17) is 4.74 Å². The van der Waals surface area contributed by atoms with E-state index in [1.165, 1.54) is 5.69 Å². The van der Waals surface area contributed by atoms with Gasteiger partial charge in [0.2, 0.25) is 0 Å². The van der Waals surface area contributed by atoms with Crippen LogP contribution in [0.2, 0.25) is 0 Å². The minimum atomic E-state index is 0.178. The standard InChI is InChI=1S/C22H25N3O2/c1-16-14-24(11-12-25(16)17-7-9-18(27-2)10-8-17)15-22(26)20-13-23-21-6-4-3-5-19(20)21/h3-10,13,16,23H,11-12,14-15H2,1-2H3/t16-/m0/s1. The number of nitrogens with zero attached hydrogens (tertiary/aromatic N) is 2. The molecule has 1 saturated heterocycles. The number of Topliss-reactive ketones (excluding diaryl/α,β-unsaturated/α-hetero) is 1. The first kappa shape index (κ1) is 17.6. The van der Waals surface area contributed by atoms with Crippen LogP contribution in [0, 0.1) is 0 Å². The third-order valence-corrected chi connectivity index (χ3v) is 5.37. The third-order valence-electron chi connectivity index (χ3n) is 5.37. The number of H-pyrrole nitrogens is 1. The maximum absolute atomic E-state index is 12.8. The average Bonchev–Trinajstić information content (AvgIpc) is 3.12. The van der Waals surface area contributed by atoms with Crippen molar-refractivity contribution < 1.29 is 9.53 Å². The summed E-state index contributed by atoms with van der Waals surface area (Å²) in [5.41, 5.74) is 3.00. The molecule has 2 heterocycles. The van der Waals surface area contributed by atoms with E-state index in [0.717, 1.165) is 41.9 Å². The Bertz CT molecular complexity index is 932. The zero-order chi connectivity index (χ0) is 18.8. The van der Waals surface area contributed by atoms with Crippen LogP contribution in [0.1, 0.15) is 17.3 Å². The van der Waals surface area contributed by atoms with Crippen molar-refractivity contribution in [3.8, 4) is 5.75 Å². The molecule has 1 aliphatic rings. The van der Waals surface area contributed by atoms with Gasteiger partial charge in [-0.2, -0.15) is 0 Å². The number of piperazine rings is 1. The number of hydrogen-bond acceptors (Lipinski definition) is 4. The van der Waals surface area contributed by atoms with Crippen molar-refractivity contribution in [2.75, 3.05) is 38.2 Å². The van der Waals surface area contributed by atoms with Crippen molar-refractivity contribution >= 4 is 22.4 Å². The first-order chi connectivity index (χ1) is 13.2. The molecular formula is C22H25N3O2. The molecular weight excluding hydrogens is 338 g/mol.